The van der Waals surface area contributed by atoms with Gasteiger partial charge in [-0.05, 0) is 17.7 Å². The fourth-order valence-electron chi connectivity index (χ4n) is 1.77. The fraction of sp³-hybridized carbons (Fsp3) is 0.273. The number of imide groups is 1. The SMILES string of the molecule is O=C1CC(c2cccc(Br)c2)CC(=O)N1. The highest BCUT2D eigenvalue weighted by Gasteiger charge is 2.25. The van der Waals surface area contributed by atoms with Gasteiger partial charge in [-0.1, -0.05) is 28.1 Å². The number of nitrogens with one attached hydrogen (secondary N) is 1. The summed E-state index contributed by atoms with van der Waals surface area (Å²) in [4.78, 5) is 22.4. The largest absolute Gasteiger partial charge is 0.296 e. The second-order valence-corrected chi connectivity index (χ2v) is 4.55. The van der Waals surface area contributed by atoms with Crippen molar-refractivity contribution in [1.29, 1.82) is 0 Å². The van der Waals surface area contributed by atoms with Crippen LogP contribution in [0.3, 0.4) is 0 Å². The van der Waals surface area contributed by atoms with E-state index >= 15 is 0 Å². The van der Waals surface area contributed by atoms with E-state index in [0.29, 0.717) is 12.8 Å². The Balaban J connectivity index is 2.23. The first-order valence-corrected chi connectivity index (χ1v) is 5.52. The monoisotopic (exact) mass is 267 g/mol. The highest BCUT2D eigenvalue weighted by atomic mass is 79.9. The van der Waals surface area contributed by atoms with Gasteiger partial charge in [0, 0.05) is 23.2 Å². The summed E-state index contributed by atoms with van der Waals surface area (Å²) in [5.74, 6) is -0.351. The molecule has 0 atom stereocenters. The second kappa shape index (κ2) is 4.14. The van der Waals surface area contributed by atoms with Gasteiger partial charge in [-0.3, -0.25) is 14.9 Å². The fourth-order valence-corrected chi connectivity index (χ4v) is 2.19. The van der Waals surface area contributed by atoms with Crippen LogP contribution in [0.1, 0.15) is 24.3 Å². The molecule has 1 saturated heterocycles. The van der Waals surface area contributed by atoms with E-state index in [-0.39, 0.29) is 17.7 Å². The highest BCUT2D eigenvalue weighted by Crippen LogP contribution is 2.27. The lowest BCUT2D eigenvalue weighted by atomic mass is 9.89. The summed E-state index contributed by atoms with van der Waals surface area (Å²) in [6.07, 6.45) is 0.782. The Morgan fingerprint density at radius 3 is 2.47 bits per heavy atom. The zero-order chi connectivity index (χ0) is 10.8. The number of carbonyl (C=O) groups excluding carboxylic acids is 2. The number of carbonyl (C=O) groups is 2. The van der Waals surface area contributed by atoms with Crippen molar-refractivity contribution in [3.63, 3.8) is 0 Å². The molecule has 0 spiro atoms. The summed E-state index contributed by atoms with van der Waals surface area (Å²) < 4.78 is 0.971. The predicted octanol–water partition coefficient (Wildman–Crippen LogP) is 1.97. The lowest BCUT2D eigenvalue weighted by Gasteiger charge is -2.21. The van der Waals surface area contributed by atoms with Gasteiger partial charge in [-0.2, -0.15) is 0 Å². The van der Waals surface area contributed by atoms with Crippen LogP contribution in [0.15, 0.2) is 28.7 Å². The molecule has 2 rings (SSSR count). The van der Waals surface area contributed by atoms with Crippen LogP contribution in [0.25, 0.3) is 0 Å². The molecule has 0 saturated carbocycles. The molecule has 0 bridgehead atoms. The molecule has 0 radical (unpaired) electrons. The maximum Gasteiger partial charge on any atom is 0.227 e. The third-order valence-corrected chi connectivity index (χ3v) is 2.96. The molecule has 0 aromatic heterocycles. The molecule has 1 aliphatic heterocycles. The van der Waals surface area contributed by atoms with E-state index in [1.165, 1.54) is 0 Å². The maximum absolute atomic E-state index is 11.2. The molecule has 1 aromatic carbocycles. The zero-order valence-corrected chi connectivity index (χ0v) is 9.58. The number of piperidine rings is 1. The minimum absolute atomic E-state index is 0.0174. The molecule has 15 heavy (non-hydrogen) atoms. The van der Waals surface area contributed by atoms with Crippen molar-refractivity contribution in [2.75, 3.05) is 0 Å². The Labute approximate surface area is 96.0 Å². The number of amides is 2. The van der Waals surface area contributed by atoms with Crippen molar-refractivity contribution in [1.82, 2.24) is 5.32 Å². The van der Waals surface area contributed by atoms with Gasteiger partial charge in [0.1, 0.15) is 0 Å². The number of hydrogen-bond acceptors (Lipinski definition) is 2. The van der Waals surface area contributed by atoms with E-state index in [4.69, 9.17) is 0 Å². The molecular formula is C11H10BrNO2. The van der Waals surface area contributed by atoms with Gasteiger partial charge in [-0.25, -0.2) is 0 Å². The molecule has 1 aromatic rings. The quantitative estimate of drug-likeness (QED) is 0.791. The molecule has 1 heterocycles. The molecule has 78 valence electrons. The normalized spacial score (nSPS) is 17.7. The molecular weight excluding hydrogens is 258 g/mol. The van der Waals surface area contributed by atoms with E-state index in [1.807, 2.05) is 24.3 Å². The Kier molecular flexibility index (Phi) is 2.86. The van der Waals surface area contributed by atoms with Crippen LogP contribution in [0, 0.1) is 0 Å². The first kappa shape index (κ1) is 10.4. The van der Waals surface area contributed by atoms with Crippen LogP contribution in [0.5, 0.6) is 0 Å². The van der Waals surface area contributed by atoms with Crippen LogP contribution in [0.2, 0.25) is 0 Å². The van der Waals surface area contributed by atoms with Gasteiger partial charge < -0.3 is 0 Å². The highest BCUT2D eigenvalue weighted by molar-refractivity contribution is 9.10. The van der Waals surface area contributed by atoms with E-state index in [0.717, 1.165) is 10.0 Å². The van der Waals surface area contributed by atoms with Gasteiger partial charge in [0.2, 0.25) is 11.8 Å². The lowest BCUT2D eigenvalue weighted by molar-refractivity contribution is -0.133. The minimum Gasteiger partial charge on any atom is -0.296 e. The molecule has 4 heteroatoms. The summed E-state index contributed by atoms with van der Waals surface area (Å²) in [5, 5.41) is 2.30. The molecule has 2 amide bonds. The second-order valence-electron chi connectivity index (χ2n) is 3.63. The Morgan fingerprint density at radius 1 is 1.20 bits per heavy atom. The Hall–Kier alpha value is -1.16. The molecule has 0 unspecified atom stereocenters. The molecule has 1 N–H and O–H groups in total. The van der Waals surface area contributed by atoms with Crippen molar-refractivity contribution >= 4 is 27.7 Å². The summed E-state index contributed by atoms with van der Waals surface area (Å²) in [5.41, 5.74) is 1.03. The molecule has 0 aliphatic carbocycles. The van der Waals surface area contributed by atoms with Gasteiger partial charge in [0.05, 0.1) is 0 Å². The van der Waals surface area contributed by atoms with E-state index < -0.39 is 0 Å². The number of hydrogen-bond donors (Lipinski definition) is 1. The first-order chi connectivity index (χ1) is 7.15. The van der Waals surface area contributed by atoms with E-state index in [1.54, 1.807) is 0 Å². The summed E-state index contributed by atoms with van der Waals surface area (Å²) in [6, 6.07) is 7.74. The van der Waals surface area contributed by atoms with Gasteiger partial charge >= 0.3 is 0 Å². The maximum atomic E-state index is 11.2. The van der Waals surface area contributed by atoms with Crippen LogP contribution in [-0.2, 0) is 9.59 Å². The van der Waals surface area contributed by atoms with Crippen molar-refractivity contribution in [3.05, 3.63) is 34.3 Å². The topological polar surface area (TPSA) is 46.2 Å². The summed E-state index contributed by atoms with van der Waals surface area (Å²) in [7, 11) is 0. The van der Waals surface area contributed by atoms with Gasteiger partial charge in [0.25, 0.3) is 0 Å². The number of rotatable bonds is 1. The van der Waals surface area contributed by atoms with Crippen molar-refractivity contribution in [2.45, 2.75) is 18.8 Å². The van der Waals surface area contributed by atoms with Crippen molar-refractivity contribution < 1.29 is 9.59 Å². The average Bonchev–Trinajstić information content (AvgIpc) is 2.16. The molecule has 1 fully saturated rings. The smallest absolute Gasteiger partial charge is 0.227 e. The van der Waals surface area contributed by atoms with Gasteiger partial charge in [-0.15, -0.1) is 0 Å². The van der Waals surface area contributed by atoms with Gasteiger partial charge in [0.15, 0.2) is 0 Å². The molecule has 1 aliphatic rings. The third kappa shape index (κ3) is 2.45. The first-order valence-electron chi connectivity index (χ1n) is 4.73. The van der Waals surface area contributed by atoms with Crippen molar-refractivity contribution in [2.24, 2.45) is 0 Å². The number of halogens is 1. The van der Waals surface area contributed by atoms with E-state index in [9.17, 15) is 9.59 Å². The predicted molar refractivity (Wildman–Crippen MR) is 59.3 cm³/mol. The van der Waals surface area contributed by atoms with Crippen LogP contribution in [0.4, 0.5) is 0 Å². The zero-order valence-electron chi connectivity index (χ0n) is 8.00. The lowest BCUT2D eigenvalue weighted by Crippen LogP contribution is -2.37. The third-order valence-electron chi connectivity index (χ3n) is 2.46. The van der Waals surface area contributed by atoms with Crippen LogP contribution in [-0.4, -0.2) is 11.8 Å². The Morgan fingerprint density at radius 2 is 1.87 bits per heavy atom. The molecule has 3 nitrogen and oxygen atoms in total. The van der Waals surface area contributed by atoms with E-state index in [2.05, 4.69) is 21.2 Å². The number of benzene rings is 1. The Bertz CT molecular complexity index is 401. The summed E-state index contributed by atoms with van der Waals surface area (Å²) >= 11 is 3.37. The van der Waals surface area contributed by atoms with Crippen molar-refractivity contribution in [3.8, 4) is 0 Å². The van der Waals surface area contributed by atoms with Crippen LogP contribution < -0.4 is 5.32 Å². The standard InChI is InChI=1S/C11H10BrNO2/c12-9-3-1-2-7(4-9)8-5-10(14)13-11(15)6-8/h1-4,8H,5-6H2,(H,13,14,15). The minimum atomic E-state index is -0.184. The average molecular weight is 268 g/mol. The summed E-state index contributed by atoms with van der Waals surface area (Å²) in [6.45, 7) is 0. The van der Waals surface area contributed by atoms with Crippen LogP contribution >= 0.6 is 15.9 Å².